The fourth-order valence-corrected chi connectivity index (χ4v) is 3.13. The van der Waals surface area contributed by atoms with Crippen LogP contribution in [0, 0.1) is 0 Å². The first-order valence-corrected chi connectivity index (χ1v) is 7.71. The number of aromatic carboxylic acids is 1. The smallest absolute Gasteiger partial charge is 0.354 e. The molecular weight excluding hydrogens is 288 g/mol. The van der Waals surface area contributed by atoms with Crippen LogP contribution < -0.4 is 10.2 Å². The summed E-state index contributed by atoms with van der Waals surface area (Å²) in [5.74, 6) is -0.375. The van der Waals surface area contributed by atoms with Crippen LogP contribution in [-0.4, -0.2) is 40.2 Å². The fraction of sp³-hybridized carbons (Fsp3) is 0.357. The summed E-state index contributed by atoms with van der Waals surface area (Å²) in [6, 6.07) is 5.33. The van der Waals surface area contributed by atoms with Crippen molar-refractivity contribution < 1.29 is 9.90 Å². The summed E-state index contributed by atoms with van der Waals surface area (Å²) in [7, 11) is 0. The maximum Gasteiger partial charge on any atom is 0.354 e. The molecule has 1 aliphatic heterocycles. The van der Waals surface area contributed by atoms with Gasteiger partial charge in [0.25, 0.3) is 0 Å². The number of aromatic nitrogens is 2. The summed E-state index contributed by atoms with van der Waals surface area (Å²) in [4.78, 5) is 21.6. The van der Waals surface area contributed by atoms with Crippen molar-refractivity contribution in [3.05, 3.63) is 35.5 Å². The van der Waals surface area contributed by atoms with Gasteiger partial charge in [-0.25, -0.2) is 14.8 Å². The minimum atomic E-state index is -1.00. The number of thiazole rings is 1. The minimum absolute atomic E-state index is 0.0696. The molecule has 0 spiro atoms. The zero-order valence-electron chi connectivity index (χ0n) is 11.4. The average Bonchev–Trinajstić information content (AvgIpc) is 3.02. The largest absolute Gasteiger partial charge is 0.477 e. The van der Waals surface area contributed by atoms with Gasteiger partial charge in [0.15, 0.2) is 10.8 Å². The number of nitrogens with one attached hydrogen (secondary N) is 1. The van der Waals surface area contributed by atoms with Crippen molar-refractivity contribution in [2.75, 3.05) is 23.3 Å². The van der Waals surface area contributed by atoms with Gasteiger partial charge in [0.1, 0.15) is 5.82 Å². The first kappa shape index (κ1) is 13.8. The van der Waals surface area contributed by atoms with Gasteiger partial charge < -0.3 is 15.3 Å². The van der Waals surface area contributed by atoms with Gasteiger partial charge in [-0.1, -0.05) is 6.07 Å². The Morgan fingerprint density at radius 3 is 2.86 bits per heavy atom. The Kier molecular flexibility index (Phi) is 4.01. The third kappa shape index (κ3) is 3.30. The molecule has 2 N–H and O–H groups in total. The molecule has 1 aliphatic rings. The second-order valence-electron chi connectivity index (χ2n) is 4.93. The van der Waals surface area contributed by atoms with Crippen LogP contribution >= 0.6 is 11.3 Å². The molecule has 7 heteroatoms. The Morgan fingerprint density at radius 2 is 2.19 bits per heavy atom. The van der Waals surface area contributed by atoms with Gasteiger partial charge >= 0.3 is 5.97 Å². The van der Waals surface area contributed by atoms with E-state index in [9.17, 15) is 4.79 Å². The summed E-state index contributed by atoms with van der Waals surface area (Å²) >= 11 is 1.66. The second-order valence-corrected chi connectivity index (χ2v) is 5.81. The molecule has 110 valence electrons. The Bertz CT molecular complexity index is 609. The van der Waals surface area contributed by atoms with Crippen molar-refractivity contribution >= 4 is 28.3 Å². The zero-order chi connectivity index (χ0) is 14.7. The van der Waals surface area contributed by atoms with Crippen LogP contribution in [0.5, 0.6) is 0 Å². The molecule has 0 unspecified atom stereocenters. The van der Waals surface area contributed by atoms with Crippen LogP contribution in [-0.2, 0) is 0 Å². The van der Waals surface area contributed by atoms with Crippen molar-refractivity contribution in [3.63, 3.8) is 0 Å². The number of carboxylic acids is 1. The molecule has 2 aromatic heterocycles. The third-order valence-electron chi connectivity index (χ3n) is 3.50. The van der Waals surface area contributed by atoms with Crippen molar-refractivity contribution in [1.29, 1.82) is 0 Å². The molecular formula is C14H16N4O2S. The van der Waals surface area contributed by atoms with Gasteiger partial charge in [0.05, 0.1) is 0 Å². The number of rotatable bonds is 4. The molecule has 0 aliphatic carbocycles. The van der Waals surface area contributed by atoms with E-state index in [1.54, 1.807) is 23.5 Å². The molecule has 6 nitrogen and oxygen atoms in total. The van der Waals surface area contributed by atoms with E-state index < -0.39 is 5.97 Å². The highest BCUT2D eigenvalue weighted by Gasteiger charge is 2.21. The monoisotopic (exact) mass is 304 g/mol. The van der Waals surface area contributed by atoms with Crippen LogP contribution in [0.25, 0.3) is 0 Å². The highest BCUT2D eigenvalue weighted by atomic mass is 32.1. The van der Waals surface area contributed by atoms with E-state index in [4.69, 9.17) is 5.11 Å². The summed E-state index contributed by atoms with van der Waals surface area (Å²) in [5, 5.41) is 15.3. The lowest BCUT2D eigenvalue weighted by Crippen LogP contribution is -2.39. The summed E-state index contributed by atoms with van der Waals surface area (Å²) < 4.78 is 0. The lowest BCUT2D eigenvalue weighted by molar-refractivity contribution is 0.0690. The Balaban J connectivity index is 1.58. The predicted molar refractivity (Wildman–Crippen MR) is 82.2 cm³/mol. The number of carbonyl (C=O) groups is 1. The van der Waals surface area contributed by atoms with E-state index in [0.29, 0.717) is 11.9 Å². The predicted octanol–water partition coefficient (Wildman–Crippen LogP) is 2.32. The number of hydrogen-bond acceptors (Lipinski definition) is 6. The van der Waals surface area contributed by atoms with Crippen molar-refractivity contribution in [3.8, 4) is 0 Å². The number of piperidine rings is 1. The van der Waals surface area contributed by atoms with Crippen LogP contribution in [0.1, 0.15) is 23.3 Å². The molecule has 21 heavy (non-hydrogen) atoms. The standard InChI is InChI=1S/C14H16N4O2S/c19-13(20)11-2-1-3-12(17-11)16-10-4-7-18(8-5-10)14-15-6-9-21-14/h1-3,6,9-10H,4-5,7-8H2,(H,16,17)(H,19,20). The average molecular weight is 304 g/mol. The molecule has 0 atom stereocenters. The molecule has 0 radical (unpaired) electrons. The van der Waals surface area contributed by atoms with Crippen LogP contribution in [0.3, 0.4) is 0 Å². The van der Waals surface area contributed by atoms with Gasteiger partial charge in [0.2, 0.25) is 0 Å². The molecule has 0 bridgehead atoms. The van der Waals surface area contributed by atoms with Gasteiger partial charge in [-0.2, -0.15) is 0 Å². The van der Waals surface area contributed by atoms with Gasteiger partial charge in [-0.3, -0.25) is 0 Å². The molecule has 0 aromatic carbocycles. The zero-order valence-corrected chi connectivity index (χ0v) is 12.2. The fourth-order valence-electron chi connectivity index (χ4n) is 2.43. The van der Waals surface area contributed by atoms with Gasteiger partial charge in [-0.15, -0.1) is 11.3 Å². The highest BCUT2D eigenvalue weighted by molar-refractivity contribution is 7.13. The quantitative estimate of drug-likeness (QED) is 0.902. The van der Waals surface area contributed by atoms with E-state index in [1.165, 1.54) is 6.07 Å². The van der Waals surface area contributed by atoms with E-state index in [-0.39, 0.29) is 5.69 Å². The molecule has 0 amide bonds. The van der Waals surface area contributed by atoms with Crippen LogP contribution in [0.4, 0.5) is 10.9 Å². The number of nitrogens with zero attached hydrogens (tertiary/aromatic N) is 3. The third-order valence-corrected chi connectivity index (χ3v) is 4.34. The maximum absolute atomic E-state index is 10.9. The number of carboxylic acid groups (broad SMARTS) is 1. The lowest BCUT2D eigenvalue weighted by atomic mass is 10.1. The number of hydrogen-bond donors (Lipinski definition) is 2. The number of anilines is 2. The first-order valence-electron chi connectivity index (χ1n) is 6.84. The molecule has 1 fully saturated rings. The van der Waals surface area contributed by atoms with E-state index in [1.807, 2.05) is 11.6 Å². The minimum Gasteiger partial charge on any atom is -0.477 e. The van der Waals surface area contributed by atoms with Crippen LogP contribution in [0.2, 0.25) is 0 Å². The van der Waals surface area contributed by atoms with E-state index in [0.717, 1.165) is 31.1 Å². The van der Waals surface area contributed by atoms with Crippen molar-refractivity contribution in [2.45, 2.75) is 18.9 Å². The van der Waals surface area contributed by atoms with Crippen molar-refractivity contribution in [2.24, 2.45) is 0 Å². The van der Waals surface area contributed by atoms with Crippen molar-refractivity contribution in [1.82, 2.24) is 9.97 Å². The Morgan fingerprint density at radius 1 is 1.38 bits per heavy atom. The molecule has 3 rings (SSSR count). The molecule has 0 saturated carbocycles. The molecule has 2 aromatic rings. The molecule has 3 heterocycles. The SMILES string of the molecule is O=C(O)c1cccc(NC2CCN(c3nccs3)CC2)n1. The maximum atomic E-state index is 10.9. The summed E-state index contributed by atoms with van der Waals surface area (Å²) in [5.41, 5.74) is 0.0696. The second kappa shape index (κ2) is 6.09. The molecule has 1 saturated heterocycles. The Hall–Kier alpha value is -2.15. The highest BCUT2D eigenvalue weighted by Crippen LogP contribution is 2.23. The first-order chi connectivity index (χ1) is 10.2. The topological polar surface area (TPSA) is 78.4 Å². The number of pyridine rings is 1. The van der Waals surface area contributed by atoms with Gasteiger partial charge in [-0.05, 0) is 25.0 Å². The van der Waals surface area contributed by atoms with Crippen LogP contribution in [0.15, 0.2) is 29.8 Å². The summed E-state index contributed by atoms with van der Waals surface area (Å²) in [6.07, 6.45) is 3.79. The van der Waals surface area contributed by atoms with E-state index >= 15 is 0 Å². The normalized spacial score (nSPS) is 15.9. The lowest BCUT2D eigenvalue weighted by Gasteiger charge is -2.32. The van der Waals surface area contributed by atoms with E-state index in [2.05, 4.69) is 20.2 Å². The van der Waals surface area contributed by atoms with Gasteiger partial charge in [0, 0.05) is 30.7 Å². The summed E-state index contributed by atoms with van der Waals surface area (Å²) in [6.45, 7) is 1.90. The Labute approximate surface area is 126 Å².